The molecule has 0 amide bonds. The van der Waals surface area contributed by atoms with Gasteiger partial charge in [-0.2, -0.15) is 0 Å². The van der Waals surface area contributed by atoms with Gasteiger partial charge in [-0.05, 0) is 38.5 Å². The predicted molar refractivity (Wildman–Crippen MR) is 64.7 cm³/mol. The average molecular weight is 217 g/mol. The van der Waals surface area contributed by atoms with Crippen LogP contribution in [-0.4, -0.2) is 23.1 Å². The lowest BCUT2D eigenvalue weighted by Gasteiger charge is -2.20. The van der Waals surface area contributed by atoms with Crippen LogP contribution in [0.2, 0.25) is 0 Å². The lowest BCUT2D eigenvalue weighted by Crippen LogP contribution is -2.21. The van der Waals surface area contributed by atoms with E-state index < -0.39 is 0 Å². The fourth-order valence-corrected chi connectivity index (χ4v) is 2.88. The van der Waals surface area contributed by atoms with Crippen molar-refractivity contribution < 1.29 is 0 Å². The Bertz CT molecular complexity index is 369. The zero-order valence-corrected chi connectivity index (χ0v) is 9.78. The number of aryl methyl sites for hydroxylation is 1. The first kappa shape index (κ1) is 10.1. The zero-order valence-electron chi connectivity index (χ0n) is 9.78. The van der Waals surface area contributed by atoms with Gasteiger partial charge in [0.1, 0.15) is 12.1 Å². The minimum atomic E-state index is 1.15. The second kappa shape index (κ2) is 4.40. The lowest BCUT2D eigenvalue weighted by atomic mass is 10.1. The summed E-state index contributed by atoms with van der Waals surface area (Å²) in [5.41, 5.74) is 2.76. The van der Waals surface area contributed by atoms with E-state index >= 15 is 0 Å². The number of hydrogen-bond donors (Lipinski definition) is 0. The van der Waals surface area contributed by atoms with Crippen molar-refractivity contribution in [1.82, 2.24) is 9.97 Å². The average Bonchev–Trinajstić information content (AvgIpc) is 2.73. The highest BCUT2D eigenvalue weighted by atomic mass is 15.2. The smallest absolute Gasteiger partial charge is 0.135 e. The van der Waals surface area contributed by atoms with Crippen molar-refractivity contribution in [1.29, 1.82) is 0 Å². The molecule has 86 valence electrons. The zero-order chi connectivity index (χ0) is 10.8. The summed E-state index contributed by atoms with van der Waals surface area (Å²) in [7, 11) is 0. The lowest BCUT2D eigenvalue weighted by molar-refractivity contribution is 0.708. The maximum atomic E-state index is 4.53. The summed E-state index contributed by atoms with van der Waals surface area (Å²) < 4.78 is 0. The van der Waals surface area contributed by atoms with Gasteiger partial charge in [0, 0.05) is 24.3 Å². The molecule has 16 heavy (non-hydrogen) atoms. The van der Waals surface area contributed by atoms with Crippen LogP contribution in [0.4, 0.5) is 5.82 Å². The largest absolute Gasteiger partial charge is 0.356 e. The number of anilines is 1. The van der Waals surface area contributed by atoms with Crippen LogP contribution in [-0.2, 0) is 12.8 Å². The summed E-state index contributed by atoms with van der Waals surface area (Å²) in [5.74, 6) is 1.24. The molecule has 2 aliphatic rings. The molecule has 0 unspecified atom stereocenters. The fourth-order valence-electron chi connectivity index (χ4n) is 2.88. The van der Waals surface area contributed by atoms with E-state index in [1.807, 2.05) is 0 Å². The molecule has 3 nitrogen and oxygen atoms in total. The van der Waals surface area contributed by atoms with Gasteiger partial charge in [0.05, 0.1) is 0 Å². The molecule has 0 radical (unpaired) electrons. The Morgan fingerprint density at radius 3 is 2.56 bits per heavy atom. The van der Waals surface area contributed by atoms with E-state index in [2.05, 4.69) is 14.9 Å². The highest BCUT2D eigenvalue weighted by Gasteiger charge is 2.20. The van der Waals surface area contributed by atoms with Crippen LogP contribution in [0.15, 0.2) is 6.33 Å². The van der Waals surface area contributed by atoms with Crippen LogP contribution in [0.25, 0.3) is 0 Å². The van der Waals surface area contributed by atoms with Crippen LogP contribution < -0.4 is 4.90 Å². The highest BCUT2D eigenvalue weighted by Crippen LogP contribution is 2.28. The first-order valence-corrected chi connectivity index (χ1v) is 6.53. The molecule has 3 rings (SSSR count). The number of hydrogen-bond acceptors (Lipinski definition) is 3. The Labute approximate surface area is 96.9 Å². The standard InChI is InChI=1S/C13H19N3/c1-2-6-11-12(7-3-1)14-10-15-13(11)16-8-4-5-9-16/h10H,1-9H2. The molecule has 3 heteroatoms. The minimum absolute atomic E-state index is 1.15. The molecule has 0 N–H and O–H groups in total. The maximum absolute atomic E-state index is 4.53. The molecule has 1 aliphatic heterocycles. The number of nitrogens with zero attached hydrogens (tertiary/aromatic N) is 3. The van der Waals surface area contributed by atoms with Crippen LogP contribution >= 0.6 is 0 Å². The second-order valence-corrected chi connectivity index (χ2v) is 4.88. The van der Waals surface area contributed by atoms with E-state index in [1.54, 1.807) is 6.33 Å². The van der Waals surface area contributed by atoms with Crippen LogP contribution in [0.5, 0.6) is 0 Å². The maximum Gasteiger partial charge on any atom is 0.135 e. The van der Waals surface area contributed by atoms with E-state index in [0.717, 1.165) is 6.42 Å². The number of aromatic nitrogens is 2. The van der Waals surface area contributed by atoms with Gasteiger partial charge in [-0.1, -0.05) is 6.42 Å². The Morgan fingerprint density at radius 1 is 0.875 bits per heavy atom. The third-order valence-electron chi connectivity index (χ3n) is 3.76. The predicted octanol–water partition coefficient (Wildman–Crippen LogP) is 2.35. The van der Waals surface area contributed by atoms with Gasteiger partial charge >= 0.3 is 0 Å². The van der Waals surface area contributed by atoms with E-state index in [1.165, 1.54) is 68.7 Å². The molecule has 0 aromatic carbocycles. The molecule has 0 atom stereocenters. The summed E-state index contributed by atoms with van der Waals surface area (Å²) in [5, 5.41) is 0. The molecule has 0 saturated carbocycles. The molecule has 1 aliphatic carbocycles. The third kappa shape index (κ3) is 1.79. The molecular formula is C13H19N3. The van der Waals surface area contributed by atoms with Gasteiger partial charge in [-0.3, -0.25) is 0 Å². The second-order valence-electron chi connectivity index (χ2n) is 4.88. The van der Waals surface area contributed by atoms with Gasteiger partial charge < -0.3 is 4.90 Å². The van der Waals surface area contributed by atoms with Crippen molar-refractivity contribution in [2.75, 3.05) is 18.0 Å². The van der Waals surface area contributed by atoms with Crippen molar-refractivity contribution in [3.8, 4) is 0 Å². The normalized spacial score (nSPS) is 20.6. The first-order chi connectivity index (χ1) is 7.95. The number of fused-ring (bicyclic) bond motifs is 1. The highest BCUT2D eigenvalue weighted by molar-refractivity contribution is 5.49. The summed E-state index contributed by atoms with van der Waals surface area (Å²) in [6.45, 7) is 2.37. The molecule has 0 spiro atoms. The third-order valence-corrected chi connectivity index (χ3v) is 3.76. The molecule has 1 fully saturated rings. The molecule has 1 saturated heterocycles. The van der Waals surface area contributed by atoms with Crippen LogP contribution in [0.3, 0.4) is 0 Å². The Balaban J connectivity index is 1.97. The minimum Gasteiger partial charge on any atom is -0.356 e. The molecular weight excluding hydrogens is 198 g/mol. The monoisotopic (exact) mass is 217 g/mol. The molecule has 2 heterocycles. The van der Waals surface area contributed by atoms with E-state index in [4.69, 9.17) is 0 Å². The Morgan fingerprint density at radius 2 is 1.69 bits per heavy atom. The summed E-state index contributed by atoms with van der Waals surface area (Å²) in [6, 6.07) is 0. The molecule has 1 aromatic rings. The molecule has 1 aromatic heterocycles. The van der Waals surface area contributed by atoms with Gasteiger partial charge in [-0.15, -0.1) is 0 Å². The van der Waals surface area contributed by atoms with Gasteiger partial charge in [0.25, 0.3) is 0 Å². The Kier molecular flexibility index (Phi) is 2.77. The SMILES string of the molecule is c1nc2c(c(N3CCCC3)n1)CCCCC2. The Hall–Kier alpha value is -1.12. The van der Waals surface area contributed by atoms with Crippen LogP contribution in [0.1, 0.15) is 43.4 Å². The van der Waals surface area contributed by atoms with Crippen molar-refractivity contribution >= 4 is 5.82 Å². The quantitative estimate of drug-likeness (QED) is 0.676. The van der Waals surface area contributed by atoms with Crippen molar-refractivity contribution in [2.45, 2.75) is 44.9 Å². The van der Waals surface area contributed by atoms with Crippen LogP contribution in [0, 0.1) is 0 Å². The summed E-state index contributed by atoms with van der Waals surface area (Å²) >= 11 is 0. The molecule has 0 bridgehead atoms. The van der Waals surface area contributed by atoms with Gasteiger partial charge in [0.2, 0.25) is 0 Å². The van der Waals surface area contributed by atoms with E-state index in [9.17, 15) is 0 Å². The van der Waals surface area contributed by atoms with Crippen molar-refractivity contribution in [3.63, 3.8) is 0 Å². The van der Waals surface area contributed by atoms with E-state index in [-0.39, 0.29) is 0 Å². The number of rotatable bonds is 1. The topological polar surface area (TPSA) is 29.0 Å². The van der Waals surface area contributed by atoms with Crippen molar-refractivity contribution in [3.05, 3.63) is 17.6 Å². The summed E-state index contributed by atoms with van der Waals surface area (Å²) in [4.78, 5) is 11.5. The first-order valence-electron chi connectivity index (χ1n) is 6.53. The van der Waals surface area contributed by atoms with Gasteiger partial charge in [-0.25, -0.2) is 9.97 Å². The van der Waals surface area contributed by atoms with E-state index in [0.29, 0.717) is 0 Å². The van der Waals surface area contributed by atoms with Crippen molar-refractivity contribution in [2.24, 2.45) is 0 Å². The van der Waals surface area contributed by atoms with Gasteiger partial charge in [0.15, 0.2) is 0 Å². The fraction of sp³-hybridized carbons (Fsp3) is 0.692. The summed E-state index contributed by atoms with van der Waals surface area (Å²) in [6.07, 6.45) is 10.7.